The van der Waals surface area contributed by atoms with E-state index < -0.39 is 0 Å². The third-order valence-electron chi connectivity index (χ3n) is 6.72. The van der Waals surface area contributed by atoms with E-state index >= 15 is 0 Å². The normalized spacial score (nSPS) is 14.9. The van der Waals surface area contributed by atoms with Crippen molar-refractivity contribution in [1.82, 2.24) is 19.4 Å². The van der Waals surface area contributed by atoms with Crippen LogP contribution in [0.1, 0.15) is 55.5 Å². The van der Waals surface area contributed by atoms with Gasteiger partial charge in [-0.2, -0.15) is 5.26 Å². The summed E-state index contributed by atoms with van der Waals surface area (Å²) in [6.45, 7) is 7.50. The molecule has 0 radical (unpaired) electrons. The Labute approximate surface area is 210 Å². The first-order valence-electron chi connectivity index (χ1n) is 12.0. The van der Waals surface area contributed by atoms with Crippen molar-refractivity contribution >= 4 is 33.2 Å². The quantitative estimate of drug-likeness (QED) is 0.341. The lowest BCUT2D eigenvalue weighted by molar-refractivity contribution is 0.204. The molecule has 0 unspecified atom stereocenters. The second-order valence-electron chi connectivity index (χ2n) is 9.33. The van der Waals surface area contributed by atoms with Gasteiger partial charge >= 0.3 is 0 Å². The number of ether oxygens (including phenoxy) is 1. The van der Waals surface area contributed by atoms with Crippen LogP contribution in [-0.4, -0.2) is 39.6 Å². The van der Waals surface area contributed by atoms with Gasteiger partial charge in [-0.1, -0.05) is 0 Å². The van der Waals surface area contributed by atoms with E-state index in [1.54, 1.807) is 36.8 Å². The highest BCUT2D eigenvalue weighted by Gasteiger charge is 2.24. The minimum Gasteiger partial charge on any atom is -0.497 e. The van der Waals surface area contributed by atoms with Gasteiger partial charge in [0.2, 0.25) is 0 Å². The summed E-state index contributed by atoms with van der Waals surface area (Å²) in [6, 6.07) is 12.4. The maximum absolute atomic E-state index is 9.09. The molecule has 8 heteroatoms. The molecule has 1 fully saturated rings. The summed E-state index contributed by atoms with van der Waals surface area (Å²) in [5, 5.41) is 16.6. The molecule has 0 saturated carbocycles. The van der Waals surface area contributed by atoms with Crippen molar-refractivity contribution in [3.8, 4) is 11.8 Å². The topological polar surface area (TPSA) is 79.0 Å². The van der Waals surface area contributed by atoms with E-state index in [0.29, 0.717) is 23.3 Å². The number of pyridine rings is 1. The predicted molar refractivity (Wildman–Crippen MR) is 140 cm³/mol. The summed E-state index contributed by atoms with van der Waals surface area (Å²) in [7, 11) is 1.73. The summed E-state index contributed by atoms with van der Waals surface area (Å²) in [6.07, 6.45) is 6.14. The van der Waals surface area contributed by atoms with Crippen LogP contribution in [0, 0.1) is 11.3 Å². The van der Waals surface area contributed by atoms with E-state index in [4.69, 9.17) is 15.0 Å². The first-order valence-corrected chi connectivity index (χ1v) is 12.9. The standard InChI is InChI=1S/C27H30N6OS/c1-18(2)33-16-21(23-13-22(34-3)4-5-25(23)33)15-32-10-7-20(8-11-32)24-17-35-27(30-24)31-26-12-19(14-28)6-9-29-26/h4-6,9,12-13,16-18,20H,7-8,10-11,15H2,1-3H3,(H,29,30,31). The fourth-order valence-corrected chi connectivity index (χ4v) is 5.62. The minimum absolute atomic E-state index is 0.412. The Morgan fingerprint density at radius 3 is 2.80 bits per heavy atom. The number of hydrogen-bond donors (Lipinski definition) is 1. The number of nitriles is 1. The summed E-state index contributed by atoms with van der Waals surface area (Å²) in [5.74, 6) is 2.02. The summed E-state index contributed by atoms with van der Waals surface area (Å²) >= 11 is 1.59. The lowest BCUT2D eigenvalue weighted by Gasteiger charge is -2.31. The summed E-state index contributed by atoms with van der Waals surface area (Å²) < 4.78 is 7.86. The van der Waals surface area contributed by atoms with E-state index in [2.05, 4.69) is 63.4 Å². The highest BCUT2D eigenvalue weighted by molar-refractivity contribution is 7.13. The van der Waals surface area contributed by atoms with Crippen LogP contribution in [0.5, 0.6) is 5.75 Å². The molecule has 0 spiro atoms. The minimum atomic E-state index is 0.412. The largest absolute Gasteiger partial charge is 0.497 e. The highest BCUT2D eigenvalue weighted by atomic mass is 32.1. The molecule has 1 aromatic carbocycles. The number of methoxy groups -OCH3 is 1. The molecule has 1 aliphatic rings. The number of benzene rings is 1. The Kier molecular flexibility index (Phi) is 6.71. The SMILES string of the molecule is COc1ccc2c(c1)c(CN1CCC(c3csc(Nc4cc(C#N)ccn4)n3)CC1)cn2C(C)C. The Morgan fingerprint density at radius 2 is 2.06 bits per heavy atom. The monoisotopic (exact) mass is 486 g/mol. The first kappa shape index (κ1) is 23.3. The molecular weight excluding hydrogens is 456 g/mol. The number of fused-ring (bicyclic) bond motifs is 1. The van der Waals surface area contributed by atoms with Crippen LogP contribution in [-0.2, 0) is 6.54 Å². The van der Waals surface area contributed by atoms with E-state index in [1.165, 1.54) is 16.5 Å². The Bertz CT molecular complexity index is 1360. The Hall–Kier alpha value is -3.41. The smallest absolute Gasteiger partial charge is 0.188 e. The van der Waals surface area contributed by atoms with Crippen molar-refractivity contribution in [1.29, 1.82) is 5.26 Å². The average molecular weight is 487 g/mol. The van der Waals surface area contributed by atoms with Crippen molar-refractivity contribution in [2.45, 2.75) is 45.2 Å². The van der Waals surface area contributed by atoms with Gasteiger partial charge in [0.1, 0.15) is 11.6 Å². The molecule has 1 saturated heterocycles. The number of hydrogen-bond acceptors (Lipinski definition) is 7. The molecule has 0 bridgehead atoms. The zero-order chi connectivity index (χ0) is 24.4. The van der Waals surface area contributed by atoms with E-state index in [1.807, 2.05) is 6.07 Å². The van der Waals surface area contributed by atoms with Gasteiger partial charge in [-0.05, 0) is 75.7 Å². The van der Waals surface area contributed by atoms with Gasteiger partial charge < -0.3 is 14.6 Å². The van der Waals surface area contributed by atoms with Gasteiger partial charge in [0, 0.05) is 47.2 Å². The molecule has 0 aliphatic carbocycles. The Balaban J connectivity index is 1.24. The molecule has 180 valence electrons. The van der Waals surface area contributed by atoms with Gasteiger partial charge in [0.05, 0.1) is 24.4 Å². The number of rotatable bonds is 7. The van der Waals surface area contributed by atoms with Crippen molar-refractivity contribution in [3.63, 3.8) is 0 Å². The number of thiazole rings is 1. The molecule has 4 heterocycles. The summed E-state index contributed by atoms with van der Waals surface area (Å²) in [4.78, 5) is 11.7. The lowest BCUT2D eigenvalue weighted by Crippen LogP contribution is -2.32. The Morgan fingerprint density at radius 1 is 1.23 bits per heavy atom. The van der Waals surface area contributed by atoms with Gasteiger partial charge in [0.25, 0.3) is 0 Å². The maximum atomic E-state index is 9.09. The highest BCUT2D eigenvalue weighted by Crippen LogP contribution is 2.34. The summed E-state index contributed by atoms with van der Waals surface area (Å²) in [5.41, 5.74) is 4.36. The van der Waals surface area contributed by atoms with Gasteiger partial charge in [0.15, 0.2) is 5.13 Å². The predicted octanol–water partition coefficient (Wildman–Crippen LogP) is 6.08. The average Bonchev–Trinajstić information content (AvgIpc) is 3.49. The molecule has 1 N–H and O–H groups in total. The maximum Gasteiger partial charge on any atom is 0.188 e. The molecule has 0 atom stereocenters. The van der Waals surface area contributed by atoms with Crippen LogP contribution in [0.2, 0.25) is 0 Å². The number of nitrogens with zero attached hydrogens (tertiary/aromatic N) is 5. The number of piperidine rings is 1. The lowest BCUT2D eigenvalue weighted by atomic mass is 9.94. The van der Waals surface area contributed by atoms with Crippen molar-refractivity contribution in [3.05, 3.63) is 64.9 Å². The number of likely N-dealkylation sites (tertiary alicyclic amines) is 1. The van der Waals surface area contributed by atoms with Crippen LogP contribution < -0.4 is 10.1 Å². The van der Waals surface area contributed by atoms with Crippen molar-refractivity contribution in [2.75, 3.05) is 25.5 Å². The van der Waals surface area contributed by atoms with Crippen molar-refractivity contribution < 1.29 is 4.74 Å². The number of nitrogens with one attached hydrogen (secondary N) is 1. The van der Waals surface area contributed by atoms with Crippen LogP contribution in [0.3, 0.4) is 0 Å². The van der Waals surface area contributed by atoms with Crippen LogP contribution >= 0.6 is 11.3 Å². The van der Waals surface area contributed by atoms with Crippen LogP contribution in [0.4, 0.5) is 10.9 Å². The molecule has 7 nitrogen and oxygen atoms in total. The molecule has 4 aromatic rings. The van der Waals surface area contributed by atoms with Gasteiger partial charge in [-0.15, -0.1) is 11.3 Å². The first-order chi connectivity index (χ1) is 17.0. The van der Waals surface area contributed by atoms with E-state index in [9.17, 15) is 0 Å². The molecule has 3 aromatic heterocycles. The third-order valence-corrected chi connectivity index (χ3v) is 7.50. The number of aromatic nitrogens is 3. The second-order valence-corrected chi connectivity index (χ2v) is 10.2. The molecule has 1 aliphatic heterocycles. The van der Waals surface area contributed by atoms with Crippen molar-refractivity contribution in [2.24, 2.45) is 0 Å². The molecule has 0 amide bonds. The zero-order valence-corrected chi connectivity index (χ0v) is 21.2. The van der Waals surface area contributed by atoms with Crippen LogP contribution in [0.15, 0.2) is 48.1 Å². The molecule has 35 heavy (non-hydrogen) atoms. The third kappa shape index (κ3) is 5.02. The molecule has 5 rings (SSSR count). The second kappa shape index (κ2) is 10.1. The van der Waals surface area contributed by atoms with Gasteiger partial charge in [-0.3, -0.25) is 4.90 Å². The fraction of sp³-hybridized carbons (Fsp3) is 0.370. The zero-order valence-electron chi connectivity index (χ0n) is 20.4. The fourth-order valence-electron chi connectivity index (χ4n) is 4.82. The van der Waals surface area contributed by atoms with E-state index in [0.717, 1.165) is 49.1 Å². The van der Waals surface area contributed by atoms with E-state index in [-0.39, 0.29) is 0 Å². The van der Waals surface area contributed by atoms with Gasteiger partial charge in [-0.25, -0.2) is 9.97 Å². The molecular formula is C27H30N6OS. The number of anilines is 2. The van der Waals surface area contributed by atoms with Crippen LogP contribution in [0.25, 0.3) is 10.9 Å².